The van der Waals surface area contributed by atoms with Crippen molar-refractivity contribution < 1.29 is 5.11 Å². The number of rotatable bonds is 5. The standard InChI is InChI=1S/C12H12Cl2N4O/c13-10-5-9(6-11(14)18-10)17-12(19)16-7-8-1-3-15-4-2-8/h1-6,12,16,19H,7H2,(H,17,18). The van der Waals surface area contributed by atoms with Crippen LogP contribution in [0.5, 0.6) is 0 Å². The van der Waals surface area contributed by atoms with E-state index in [9.17, 15) is 5.11 Å². The fraction of sp³-hybridized carbons (Fsp3) is 0.167. The van der Waals surface area contributed by atoms with Crippen LogP contribution in [-0.4, -0.2) is 21.4 Å². The van der Waals surface area contributed by atoms with E-state index >= 15 is 0 Å². The number of aliphatic hydroxyl groups excluding tert-OH is 1. The number of halogens is 2. The Morgan fingerprint density at radius 2 is 1.79 bits per heavy atom. The molecule has 0 bridgehead atoms. The van der Waals surface area contributed by atoms with Crippen molar-refractivity contribution >= 4 is 28.9 Å². The largest absolute Gasteiger partial charge is 0.361 e. The summed E-state index contributed by atoms with van der Waals surface area (Å²) in [7, 11) is 0. The lowest BCUT2D eigenvalue weighted by Gasteiger charge is -2.16. The van der Waals surface area contributed by atoms with Crippen LogP contribution in [0, 0.1) is 0 Å². The van der Waals surface area contributed by atoms with Gasteiger partial charge in [0.1, 0.15) is 10.3 Å². The monoisotopic (exact) mass is 298 g/mol. The highest BCUT2D eigenvalue weighted by molar-refractivity contribution is 6.32. The first kappa shape index (κ1) is 14.0. The molecule has 0 spiro atoms. The Bertz CT molecular complexity index is 518. The number of anilines is 1. The van der Waals surface area contributed by atoms with E-state index in [1.54, 1.807) is 24.5 Å². The molecule has 2 aromatic heterocycles. The maximum Gasteiger partial charge on any atom is 0.181 e. The summed E-state index contributed by atoms with van der Waals surface area (Å²) in [6.07, 6.45) is 2.46. The Morgan fingerprint density at radius 3 is 2.42 bits per heavy atom. The van der Waals surface area contributed by atoms with Crippen molar-refractivity contribution in [1.29, 1.82) is 0 Å². The molecule has 3 N–H and O–H groups in total. The topological polar surface area (TPSA) is 70.1 Å². The normalized spacial score (nSPS) is 12.2. The molecule has 2 heterocycles. The number of nitrogens with zero attached hydrogens (tertiary/aromatic N) is 2. The van der Waals surface area contributed by atoms with Gasteiger partial charge in [-0.2, -0.15) is 0 Å². The molecule has 5 nitrogen and oxygen atoms in total. The summed E-state index contributed by atoms with van der Waals surface area (Å²) < 4.78 is 0. The minimum absolute atomic E-state index is 0.260. The van der Waals surface area contributed by atoms with Gasteiger partial charge in [-0.05, 0) is 29.8 Å². The molecule has 100 valence electrons. The van der Waals surface area contributed by atoms with Crippen LogP contribution >= 0.6 is 23.2 Å². The number of pyridine rings is 2. The molecule has 0 aliphatic rings. The van der Waals surface area contributed by atoms with E-state index in [2.05, 4.69) is 20.6 Å². The maximum atomic E-state index is 9.80. The summed E-state index contributed by atoms with van der Waals surface area (Å²) in [4.78, 5) is 7.73. The smallest absolute Gasteiger partial charge is 0.181 e. The van der Waals surface area contributed by atoms with Crippen molar-refractivity contribution in [1.82, 2.24) is 15.3 Å². The molecular formula is C12H12Cl2N4O. The summed E-state index contributed by atoms with van der Waals surface area (Å²) in [5.74, 6) is 0. The van der Waals surface area contributed by atoms with Crippen molar-refractivity contribution in [3.8, 4) is 0 Å². The molecule has 0 aromatic carbocycles. The number of aliphatic hydroxyl groups is 1. The predicted octanol–water partition coefficient (Wildman–Crippen LogP) is 2.26. The average Bonchev–Trinajstić information content (AvgIpc) is 2.36. The molecule has 7 heteroatoms. The van der Waals surface area contributed by atoms with Gasteiger partial charge in [-0.15, -0.1) is 0 Å². The Balaban J connectivity index is 1.89. The van der Waals surface area contributed by atoms with Gasteiger partial charge < -0.3 is 10.4 Å². The van der Waals surface area contributed by atoms with E-state index in [0.29, 0.717) is 12.2 Å². The van der Waals surface area contributed by atoms with Gasteiger partial charge in [0.2, 0.25) is 0 Å². The molecule has 0 aliphatic heterocycles. The quantitative estimate of drug-likeness (QED) is 0.583. The first-order valence-electron chi connectivity index (χ1n) is 5.53. The highest BCUT2D eigenvalue weighted by Gasteiger charge is 2.05. The van der Waals surface area contributed by atoms with E-state index in [4.69, 9.17) is 23.2 Å². The van der Waals surface area contributed by atoms with Gasteiger partial charge >= 0.3 is 0 Å². The highest BCUT2D eigenvalue weighted by Crippen LogP contribution is 2.18. The Morgan fingerprint density at radius 1 is 1.16 bits per heavy atom. The van der Waals surface area contributed by atoms with Crippen molar-refractivity contribution in [2.45, 2.75) is 12.9 Å². The van der Waals surface area contributed by atoms with Gasteiger partial charge in [0.25, 0.3) is 0 Å². The summed E-state index contributed by atoms with van der Waals surface area (Å²) in [6, 6.07) is 6.87. The van der Waals surface area contributed by atoms with E-state index in [0.717, 1.165) is 5.56 Å². The van der Waals surface area contributed by atoms with Crippen LogP contribution in [0.25, 0.3) is 0 Å². The van der Waals surface area contributed by atoms with Crippen molar-refractivity contribution in [3.05, 3.63) is 52.5 Å². The fourth-order valence-corrected chi connectivity index (χ4v) is 1.93. The summed E-state index contributed by atoms with van der Waals surface area (Å²) in [5, 5.41) is 16.0. The third kappa shape index (κ3) is 4.65. The molecule has 2 rings (SSSR count). The summed E-state index contributed by atoms with van der Waals surface area (Å²) in [6.45, 7) is 0.503. The van der Waals surface area contributed by atoms with E-state index in [-0.39, 0.29) is 10.3 Å². The van der Waals surface area contributed by atoms with E-state index in [1.165, 1.54) is 0 Å². The van der Waals surface area contributed by atoms with Crippen molar-refractivity contribution in [2.24, 2.45) is 0 Å². The van der Waals surface area contributed by atoms with Gasteiger partial charge in [0, 0.05) is 24.6 Å². The minimum Gasteiger partial charge on any atom is -0.361 e. The molecule has 0 saturated carbocycles. The average molecular weight is 299 g/mol. The van der Waals surface area contributed by atoms with Gasteiger partial charge in [0.15, 0.2) is 6.35 Å². The Labute approximate surface area is 120 Å². The second kappa shape index (κ2) is 6.68. The van der Waals surface area contributed by atoms with Crippen LogP contribution in [-0.2, 0) is 6.54 Å². The lowest BCUT2D eigenvalue weighted by atomic mass is 10.3. The number of hydrogen-bond acceptors (Lipinski definition) is 5. The van der Waals surface area contributed by atoms with Gasteiger partial charge in [-0.3, -0.25) is 10.3 Å². The molecule has 0 radical (unpaired) electrons. The molecule has 0 saturated heterocycles. The second-order valence-electron chi connectivity index (χ2n) is 3.78. The molecule has 0 fully saturated rings. The first-order valence-corrected chi connectivity index (χ1v) is 6.29. The summed E-state index contributed by atoms with van der Waals surface area (Å²) in [5.41, 5.74) is 1.60. The third-order valence-corrected chi connectivity index (χ3v) is 2.70. The molecule has 2 aromatic rings. The number of aromatic nitrogens is 2. The van der Waals surface area contributed by atoms with E-state index < -0.39 is 6.35 Å². The predicted molar refractivity (Wildman–Crippen MR) is 75.0 cm³/mol. The van der Waals surface area contributed by atoms with Crippen LogP contribution in [0.1, 0.15) is 5.56 Å². The lowest BCUT2D eigenvalue weighted by molar-refractivity contribution is 0.163. The zero-order valence-electron chi connectivity index (χ0n) is 9.85. The molecule has 19 heavy (non-hydrogen) atoms. The molecule has 1 atom stereocenters. The van der Waals surface area contributed by atoms with Gasteiger partial charge in [-0.1, -0.05) is 23.2 Å². The lowest BCUT2D eigenvalue weighted by Crippen LogP contribution is -2.35. The van der Waals surface area contributed by atoms with E-state index in [1.807, 2.05) is 12.1 Å². The van der Waals surface area contributed by atoms with Crippen LogP contribution in [0.4, 0.5) is 5.69 Å². The molecule has 0 aliphatic carbocycles. The van der Waals surface area contributed by atoms with Gasteiger partial charge in [0.05, 0.1) is 0 Å². The second-order valence-corrected chi connectivity index (χ2v) is 4.56. The number of nitrogens with one attached hydrogen (secondary N) is 2. The summed E-state index contributed by atoms with van der Waals surface area (Å²) >= 11 is 11.5. The molecule has 0 amide bonds. The van der Waals surface area contributed by atoms with Crippen LogP contribution < -0.4 is 10.6 Å². The van der Waals surface area contributed by atoms with Crippen molar-refractivity contribution in [3.63, 3.8) is 0 Å². The maximum absolute atomic E-state index is 9.80. The molecular weight excluding hydrogens is 287 g/mol. The van der Waals surface area contributed by atoms with Crippen LogP contribution in [0.15, 0.2) is 36.7 Å². The van der Waals surface area contributed by atoms with Crippen LogP contribution in [0.3, 0.4) is 0 Å². The minimum atomic E-state index is -0.928. The zero-order chi connectivity index (χ0) is 13.7. The first-order chi connectivity index (χ1) is 9.13. The van der Waals surface area contributed by atoms with Gasteiger partial charge in [-0.25, -0.2) is 4.98 Å². The SMILES string of the molecule is OC(NCc1ccncc1)Nc1cc(Cl)nc(Cl)c1. The number of hydrogen-bond donors (Lipinski definition) is 3. The molecule has 1 unspecified atom stereocenters. The zero-order valence-corrected chi connectivity index (χ0v) is 11.4. The fourth-order valence-electron chi connectivity index (χ4n) is 1.47. The van der Waals surface area contributed by atoms with Crippen molar-refractivity contribution in [2.75, 3.05) is 5.32 Å². The highest BCUT2D eigenvalue weighted by atomic mass is 35.5. The third-order valence-electron chi connectivity index (χ3n) is 2.32. The van der Waals surface area contributed by atoms with Crippen LogP contribution in [0.2, 0.25) is 10.3 Å². The Hall–Kier alpha value is -1.40. The Kier molecular flexibility index (Phi) is 4.93.